The molecule has 0 spiro atoms. The molecule has 3 aromatic rings. The molecule has 4 rings (SSSR count). The molecule has 0 aliphatic heterocycles. The minimum absolute atomic E-state index is 0.183. The number of hydrazone groups is 1. The summed E-state index contributed by atoms with van der Waals surface area (Å²) in [6.07, 6.45) is 3.66. The lowest BCUT2D eigenvalue weighted by Crippen LogP contribution is -2.32. The first-order valence-electron chi connectivity index (χ1n) is 12.4. The molecule has 1 aliphatic rings. The van der Waals surface area contributed by atoms with Gasteiger partial charge in [0.15, 0.2) is 0 Å². The van der Waals surface area contributed by atoms with E-state index in [0.29, 0.717) is 38.5 Å². The number of benzene rings is 2. The van der Waals surface area contributed by atoms with Gasteiger partial charge in [-0.2, -0.15) is 5.10 Å². The highest BCUT2D eigenvalue weighted by atomic mass is 79.9. The van der Waals surface area contributed by atoms with Crippen LogP contribution in [0, 0.1) is 5.92 Å². The second kappa shape index (κ2) is 13.2. The van der Waals surface area contributed by atoms with E-state index in [9.17, 15) is 19.2 Å². The molecule has 1 aromatic heterocycles. The Morgan fingerprint density at radius 1 is 1.12 bits per heavy atom. The number of esters is 2. The highest BCUT2D eigenvalue weighted by Gasteiger charge is 2.30. The van der Waals surface area contributed by atoms with Gasteiger partial charge in [0, 0.05) is 19.9 Å². The number of nitrogens with zero attached hydrogens (tertiary/aromatic N) is 1. The molecule has 9 nitrogen and oxygen atoms in total. The quantitative estimate of drug-likeness (QED) is 0.110. The molecule has 1 atom stereocenters. The minimum atomic E-state index is -1.04. The summed E-state index contributed by atoms with van der Waals surface area (Å²) in [4.78, 5) is 51.4. The SMILES string of the molecule is CCOC(=O)c1c(NC(=O)C(=O)N/N=C\c2cc(Br)ccc2OC(=O)c2ccc(Cl)cc2)sc2c1CC[C@H](C)C2. The Morgan fingerprint density at radius 2 is 1.88 bits per heavy atom. The van der Waals surface area contributed by atoms with E-state index < -0.39 is 23.8 Å². The van der Waals surface area contributed by atoms with E-state index >= 15 is 0 Å². The number of halogens is 2. The number of ether oxygens (including phenoxy) is 2. The average molecular weight is 647 g/mol. The predicted octanol–water partition coefficient (Wildman–Crippen LogP) is 5.77. The van der Waals surface area contributed by atoms with Crippen LogP contribution in [0.1, 0.15) is 57.0 Å². The van der Waals surface area contributed by atoms with Crippen LogP contribution in [0.25, 0.3) is 0 Å². The fraction of sp³-hybridized carbons (Fsp3) is 0.250. The van der Waals surface area contributed by atoms with Crippen LogP contribution < -0.4 is 15.5 Å². The fourth-order valence-corrected chi connectivity index (χ4v) is 5.99. The van der Waals surface area contributed by atoms with Crippen molar-refractivity contribution in [1.29, 1.82) is 0 Å². The maximum Gasteiger partial charge on any atom is 0.343 e. The number of amides is 2. The number of thiophene rings is 1. The Hall–Kier alpha value is -3.54. The number of hydrogen-bond acceptors (Lipinski definition) is 8. The molecule has 208 valence electrons. The van der Waals surface area contributed by atoms with E-state index in [4.69, 9.17) is 21.1 Å². The van der Waals surface area contributed by atoms with Crippen molar-refractivity contribution in [2.24, 2.45) is 11.0 Å². The molecular formula is C28H25BrClN3O6S. The van der Waals surface area contributed by atoms with Crippen LogP contribution in [0.5, 0.6) is 5.75 Å². The molecule has 0 saturated carbocycles. The van der Waals surface area contributed by atoms with Gasteiger partial charge in [0.25, 0.3) is 0 Å². The molecule has 1 aliphatic carbocycles. The van der Waals surface area contributed by atoms with Crippen molar-refractivity contribution in [3.05, 3.63) is 79.1 Å². The summed E-state index contributed by atoms with van der Waals surface area (Å²) in [7, 11) is 0. The Morgan fingerprint density at radius 3 is 2.60 bits per heavy atom. The van der Waals surface area contributed by atoms with Crippen LogP contribution in [0.4, 0.5) is 5.00 Å². The van der Waals surface area contributed by atoms with Crippen LogP contribution in [0.2, 0.25) is 5.02 Å². The molecule has 1 heterocycles. The van der Waals surface area contributed by atoms with Crippen molar-refractivity contribution in [2.75, 3.05) is 11.9 Å². The summed E-state index contributed by atoms with van der Waals surface area (Å²) in [5.41, 5.74) is 4.00. The molecule has 12 heteroatoms. The lowest BCUT2D eigenvalue weighted by atomic mass is 9.88. The Bertz CT molecular complexity index is 1490. The van der Waals surface area contributed by atoms with Gasteiger partial charge in [-0.3, -0.25) is 9.59 Å². The van der Waals surface area contributed by atoms with Gasteiger partial charge in [-0.05, 0) is 80.1 Å². The number of fused-ring (bicyclic) bond motifs is 1. The standard InChI is InChI=1S/C28H25BrClN3O6S/c1-3-38-28(37)23-20-10-4-15(2)12-22(20)40-26(23)32-24(34)25(35)33-31-14-17-13-18(29)7-11-21(17)39-27(36)16-5-8-19(30)9-6-16/h5-9,11,13-15H,3-4,10,12H2,1-2H3,(H,32,34)(H,33,35)/b31-14-/t15-/m0/s1. The molecular weight excluding hydrogens is 622 g/mol. The molecule has 40 heavy (non-hydrogen) atoms. The second-order valence-corrected chi connectivity index (χ2v) is 11.5. The number of carbonyl (C=O) groups excluding carboxylic acids is 4. The summed E-state index contributed by atoms with van der Waals surface area (Å²) >= 11 is 10.5. The van der Waals surface area contributed by atoms with E-state index in [2.05, 4.69) is 38.7 Å². The smallest absolute Gasteiger partial charge is 0.343 e. The van der Waals surface area contributed by atoms with Crippen molar-refractivity contribution in [3.8, 4) is 5.75 Å². The largest absolute Gasteiger partial charge is 0.462 e. The van der Waals surface area contributed by atoms with E-state index in [0.717, 1.165) is 23.3 Å². The van der Waals surface area contributed by atoms with Crippen molar-refractivity contribution >= 4 is 73.8 Å². The van der Waals surface area contributed by atoms with Crippen LogP contribution in [-0.2, 0) is 27.2 Å². The average Bonchev–Trinajstić information content (AvgIpc) is 3.27. The van der Waals surface area contributed by atoms with Crippen molar-refractivity contribution in [3.63, 3.8) is 0 Å². The van der Waals surface area contributed by atoms with E-state index in [1.165, 1.54) is 29.7 Å². The number of anilines is 1. The van der Waals surface area contributed by atoms with Gasteiger partial charge >= 0.3 is 23.8 Å². The molecule has 0 bridgehead atoms. The molecule has 2 N–H and O–H groups in total. The maximum atomic E-state index is 12.7. The molecule has 0 radical (unpaired) electrons. The second-order valence-electron chi connectivity index (χ2n) is 9.01. The number of carbonyl (C=O) groups is 4. The van der Waals surface area contributed by atoms with Crippen molar-refractivity contribution in [2.45, 2.75) is 33.1 Å². The summed E-state index contributed by atoms with van der Waals surface area (Å²) in [5, 5.41) is 7.17. The first-order chi connectivity index (χ1) is 19.2. The zero-order chi connectivity index (χ0) is 28.8. The van der Waals surface area contributed by atoms with E-state index in [1.807, 2.05) is 0 Å². The van der Waals surface area contributed by atoms with Crippen LogP contribution in [0.15, 0.2) is 52.0 Å². The van der Waals surface area contributed by atoms with Crippen molar-refractivity contribution < 1.29 is 28.7 Å². The lowest BCUT2D eigenvalue weighted by Gasteiger charge is -2.18. The van der Waals surface area contributed by atoms with E-state index in [-0.39, 0.29) is 17.4 Å². The zero-order valence-electron chi connectivity index (χ0n) is 21.6. The zero-order valence-corrected chi connectivity index (χ0v) is 24.7. The summed E-state index contributed by atoms with van der Waals surface area (Å²) in [6, 6.07) is 11.1. The van der Waals surface area contributed by atoms with Crippen molar-refractivity contribution in [1.82, 2.24) is 5.43 Å². The van der Waals surface area contributed by atoms with Gasteiger partial charge in [-0.25, -0.2) is 15.0 Å². The van der Waals surface area contributed by atoms with Crippen LogP contribution in [0.3, 0.4) is 0 Å². The lowest BCUT2D eigenvalue weighted by molar-refractivity contribution is -0.136. The van der Waals surface area contributed by atoms with Gasteiger partial charge in [-0.1, -0.05) is 34.5 Å². The highest BCUT2D eigenvalue weighted by Crippen LogP contribution is 2.40. The Balaban J connectivity index is 1.45. The van der Waals surface area contributed by atoms with Crippen LogP contribution in [-0.4, -0.2) is 36.6 Å². The molecule has 0 saturated heterocycles. The fourth-order valence-electron chi connectivity index (χ4n) is 4.09. The maximum absolute atomic E-state index is 12.7. The van der Waals surface area contributed by atoms with Gasteiger partial charge in [0.1, 0.15) is 10.8 Å². The number of hydrogen-bond donors (Lipinski definition) is 2. The summed E-state index contributed by atoms with van der Waals surface area (Å²) in [5.74, 6) is -2.53. The van der Waals surface area contributed by atoms with Gasteiger partial charge in [-0.15, -0.1) is 11.3 Å². The monoisotopic (exact) mass is 645 g/mol. The molecule has 0 fully saturated rings. The number of rotatable bonds is 7. The van der Waals surface area contributed by atoms with Gasteiger partial charge in [0.05, 0.1) is 23.9 Å². The summed E-state index contributed by atoms with van der Waals surface area (Å²) in [6.45, 7) is 4.03. The molecule has 2 aromatic carbocycles. The number of nitrogens with one attached hydrogen (secondary N) is 2. The van der Waals surface area contributed by atoms with Crippen LogP contribution >= 0.6 is 38.9 Å². The molecule has 0 unspecified atom stereocenters. The summed E-state index contributed by atoms with van der Waals surface area (Å²) < 4.78 is 11.4. The first-order valence-corrected chi connectivity index (χ1v) is 14.4. The Kier molecular flexibility index (Phi) is 9.72. The topological polar surface area (TPSA) is 123 Å². The third-order valence-corrected chi connectivity index (χ3v) is 7.96. The predicted molar refractivity (Wildman–Crippen MR) is 156 cm³/mol. The normalized spacial score (nSPS) is 14.3. The minimum Gasteiger partial charge on any atom is -0.462 e. The van der Waals surface area contributed by atoms with Gasteiger partial charge < -0.3 is 14.8 Å². The highest BCUT2D eigenvalue weighted by molar-refractivity contribution is 9.10. The Labute approximate surface area is 248 Å². The van der Waals surface area contributed by atoms with Gasteiger partial charge in [0.2, 0.25) is 0 Å². The third kappa shape index (κ3) is 7.15. The third-order valence-electron chi connectivity index (χ3n) is 6.05. The van der Waals surface area contributed by atoms with E-state index in [1.54, 1.807) is 37.3 Å². The first kappa shape index (κ1) is 29.4. The molecule has 2 amide bonds.